The molecule has 3 heteroatoms. The van der Waals surface area contributed by atoms with Gasteiger partial charge >= 0.3 is 0 Å². The molecule has 0 amide bonds. The van der Waals surface area contributed by atoms with Gasteiger partial charge < -0.3 is 4.98 Å². The van der Waals surface area contributed by atoms with Gasteiger partial charge in [0.1, 0.15) is 0 Å². The second-order valence-electron chi connectivity index (χ2n) is 6.55. The highest BCUT2D eigenvalue weighted by molar-refractivity contribution is 7.26. The average Bonchev–Trinajstić information content (AvgIpc) is 3.26. The highest BCUT2D eigenvalue weighted by atomic mass is 32.1. The molecular weight excluding hydrogens is 336 g/mol. The maximum atomic E-state index is 5.03. The average molecular weight is 350 g/mol. The van der Waals surface area contributed by atoms with Crippen LogP contribution in [-0.2, 0) is 0 Å². The van der Waals surface area contributed by atoms with Gasteiger partial charge in [0, 0.05) is 36.6 Å². The molecule has 2 nitrogen and oxygen atoms in total. The number of thiophene rings is 1. The first kappa shape index (κ1) is 14.0. The van der Waals surface area contributed by atoms with Crippen molar-refractivity contribution in [2.45, 2.75) is 0 Å². The third-order valence-corrected chi connectivity index (χ3v) is 6.22. The lowest BCUT2D eigenvalue weighted by Gasteiger charge is -2.01. The predicted molar refractivity (Wildman–Crippen MR) is 112 cm³/mol. The summed E-state index contributed by atoms with van der Waals surface area (Å²) in [6, 6.07) is 27.6. The zero-order chi connectivity index (χ0) is 17.1. The second-order valence-corrected chi connectivity index (χ2v) is 7.60. The predicted octanol–water partition coefficient (Wildman–Crippen LogP) is 6.75. The molecule has 0 atom stereocenters. The number of rotatable bonds is 1. The van der Waals surface area contributed by atoms with Crippen LogP contribution in [0.15, 0.2) is 78.9 Å². The van der Waals surface area contributed by atoms with Gasteiger partial charge in [-0.1, -0.05) is 54.6 Å². The Labute approximate surface area is 153 Å². The first-order valence-corrected chi connectivity index (χ1v) is 9.48. The smallest absolute Gasteiger partial charge is 0.0979 e. The van der Waals surface area contributed by atoms with Crippen LogP contribution in [0.1, 0.15) is 0 Å². The Morgan fingerprint density at radius 1 is 0.692 bits per heavy atom. The quantitative estimate of drug-likeness (QED) is 0.349. The number of aromatic nitrogens is 2. The minimum Gasteiger partial charge on any atom is -0.353 e. The molecule has 6 aromatic rings. The number of nitrogens with zero attached hydrogens (tertiary/aromatic N) is 1. The summed E-state index contributed by atoms with van der Waals surface area (Å²) in [7, 11) is 0. The SMILES string of the molecule is c1ccc(-c2ccc3[nH]c4ccc5c6ccccc6sc5c4c3n2)cc1. The minimum atomic E-state index is 1.01. The van der Waals surface area contributed by atoms with E-state index in [0.717, 1.165) is 27.8 Å². The Hall–Kier alpha value is -3.17. The molecule has 0 bridgehead atoms. The fourth-order valence-corrected chi connectivity index (χ4v) is 5.04. The zero-order valence-corrected chi connectivity index (χ0v) is 14.7. The topological polar surface area (TPSA) is 28.7 Å². The Bertz CT molecular complexity index is 1420. The summed E-state index contributed by atoms with van der Waals surface area (Å²) in [4.78, 5) is 8.57. The van der Waals surface area contributed by atoms with E-state index < -0.39 is 0 Å². The van der Waals surface area contributed by atoms with Crippen LogP contribution in [0.4, 0.5) is 0 Å². The molecule has 0 radical (unpaired) electrons. The van der Waals surface area contributed by atoms with Gasteiger partial charge in [-0.25, -0.2) is 4.98 Å². The number of hydrogen-bond acceptors (Lipinski definition) is 2. The third-order valence-electron chi connectivity index (χ3n) is 5.02. The molecule has 3 heterocycles. The molecule has 0 unspecified atom stereocenters. The van der Waals surface area contributed by atoms with E-state index in [1.165, 1.54) is 25.6 Å². The Morgan fingerprint density at radius 2 is 1.50 bits per heavy atom. The fraction of sp³-hybridized carbons (Fsp3) is 0. The number of fused-ring (bicyclic) bond motifs is 7. The van der Waals surface area contributed by atoms with Crippen LogP contribution in [0, 0.1) is 0 Å². The fourth-order valence-electron chi connectivity index (χ4n) is 3.79. The molecule has 0 aliphatic heterocycles. The Balaban J connectivity index is 1.76. The summed E-state index contributed by atoms with van der Waals surface area (Å²) in [5.41, 5.74) is 5.45. The molecule has 0 aliphatic carbocycles. The Morgan fingerprint density at radius 3 is 2.42 bits per heavy atom. The summed E-state index contributed by atoms with van der Waals surface area (Å²) in [5.74, 6) is 0. The van der Waals surface area contributed by atoms with Gasteiger partial charge in [-0.05, 0) is 24.3 Å². The summed E-state index contributed by atoms with van der Waals surface area (Å²) in [6.07, 6.45) is 0. The van der Waals surface area contributed by atoms with E-state index in [4.69, 9.17) is 4.98 Å². The highest BCUT2D eigenvalue weighted by Gasteiger charge is 2.14. The highest BCUT2D eigenvalue weighted by Crippen LogP contribution is 2.40. The van der Waals surface area contributed by atoms with E-state index in [1.807, 2.05) is 17.4 Å². The van der Waals surface area contributed by atoms with Gasteiger partial charge in [0.25, 0.3) is 0 Å². The van der Waals surface area contributed by atoms with Crippen LogP contribution in [0.2, 0.25) is 0 Å². The van der Waals surface area contributed by atoms with Gasteiger partial charge in [-0.3, -0.25) is 0 Å². The summed E-state index contributed by atoms with van der Waals surface area (Å²) >= 11 is 1.85. The lowest BCUT2D eigenvalue weighted by Crippen LogP contribution is -1.83. The molecule has 6 rings (SSSR count). The molecule has 0 saturated heterocycles. The maximum Gasteiger partial charge on any atom is 0.0979 e. The molecule has 26 heavy (non-hydrogen) atoms. The van der Waals surface area contributed by atoms with Gasteiger partial charge in [0.05, 0.1) is 16.7 Å². The van der Waals surface area contributed by atoms with Crippen molar-refractivity contribution in [3.63, 3.8) is 0 Å². The van der Waals surface area contributed by atoms with Crippen LogP contribution in [0.3, 0.4) is 0 Å². The van der Waals surface area contributed by atoms with Gasteiger partial charge in [-0.2, -0.15) is 0 Å². The molecule has 0 spiro atoms. The zero-order valence-electron chi connectivity index (χ0n) is 13.9. The summed E-state index contributed by atoms with van der Waals surface area (Å²) < 4.78 is 2.64. The number of hydrogen-bond donors (Lipinski definition) is 1. The van der Waals surface area contributed by atoms with E-state index >= 15 is 0 Å². The monoisotopic (exact) mass is 350 g/mol. The van der Waals surface area contributed by atoms with E-state index in [1.54, 1.807) is 0 Å². The molecular formula is C23H14N2S. The van der Waals surface area contributed by atoms with Crippen molar-refractivity contribution in [3.8, 4) is 11.3 Å². The van der Waals surface area contributed by atoms with Gasteiger partial charge in [-0.15, -0.1) is 11.3 Å². The lowest BCUT2D eigenvalue weighted by molar-refractivity contribution is 1.40. The van der Waals surface area contributed by atoms with E-state index in [-0.39, 0.29) is 0 Å². The van der Waals surface area contributed by atoms with E-state index in [2.05, 4.69) is 77.8 Å². The van der Waals surface area contributed by atoms with Crippen LogP contribution >= 0.6 is 11.3 Å². The van der Waals surface area contributed by atoms with Crippen molar-refractivity contribution in [2.75, 3.05) is 0 Å². The number of H-pyrrole nitrogens is 1. The number of aromatic amines is 1. The summed E-state index contributed by atoms with van der Waals surface area (Å²) in [5, 5.41) is 3.87. The molecule has 0 aliphatic rings. The first-order valence-electron chi connectivity index (χ1n) is 8.66. The van der Waals surface area contributed by atoms with Crippen molar-refractivity contribution >= 4 is 53.4 Å². The second kappa shape index (κ2) is 5.16. The molecule has 0 saturated carbocycles. The van der Waals surface area contributed by atoms with Crippen LogP contribution in [-0.4, -0.2) is 9.97 Å². The van der Waals surface area contributed by atoms with Crippen molar-refractivity contribution in [3.05, 3.63) is 78.9 Å². The Kier molecular flexibility index (Phi) is 2.79. The molecule has 1 N–H and O–H groups in total. The minimum absolute atomic E-state index is 1.01. The van der Waals surface area contributed by atoms with Crippen molar-refractivity contribution in [2.24, 2.45) is 0 Å². The van der Waals surface area contributed by atoms with Crippen LogP contribution in [0.5, 0.6) is 0 Å². The van der Waals surface area contributed by atoms with Crippen LogP contribution < -0.4 is 0 Å². The van der Waals surface area contributed by atoms with Gasteiger partial charge in [0.2, 0.25) is 0 Å². The molecule has 0 fully saturated rings. The van der Waals surface area contributed by atoms with E-state index in [9.17, 15) is 0 Å². The lowest BCUT2D eigenvalue weighted by atomic mass is 10.1. The van der Waals surface area contributed by atoms with Gasteiger partial charge in [0.15, 0.2) is 0 Å². The first-order chi connectivity index (χ1) is 12.9. The van der Waals surface area contributed by atoms with Crippen molar-refractivity contribution in [1.82, 2.24) is 9.97 Å². The molecule has 3 aromatic carbocycles. The van der Waals surface area contributed by atoms with Crippen LogP contribution in [0.25, 0.3) is 53.4 Å². The molecule has 122 valence electrons. The number of nitrogens with one attached hydrogen (secondary N) is 1. The van der Waals surface area contributed by atoms with Crippen molar-refractivity contribution < 1.29 is 0 Å². The van der Waals surface area contributed by atoms with E-state index in [0.29, 0.717) is 0 Å². The normalized spacial score (nSPS) is 11.8. The number of benzene rings is 3. The summed E-state index contributed by atoms with van der Waals surface area (Å²) in [6.45, 7) is 0. The standard InChI is InChI=1S/C23H14N2S/c1-2-6-14(7-3-1)17-12-13-19-22(25-17)21-18(24-19)11-10-16-15-8-4-5-9-20(15)26-23(16)21/h1-13,24H. The third kappa shape index (κ3) is 1.89. The maximum absolute atomic E-state index is 5.03. The largest absolute Gasteiger partial charge is 0.353 e. The van der Waals surface area contributed by atoms with Crippen molar-refractivity contribution in [1.29, 1.82) is 0 Å². The number of pyridine rings is 1. The molecule has 3 aromatic heterocycles.